The Labute approximate surface area is 106 Å². The first-order valence-corrected chi connectivity index (χ1v) is 8.21. The van der Waals surface area contributed by atoms with E-state index in [4.69, 9.17) is 0 Å². The number of hydrogen-bond donors (Lipinski definition) is 1. The zero-order valence-electron chi connectivity index (χ0n) is 11.3. The molecule has 1 N–H and O–H groups in total. The Bertz CT molecular complexity index is 170. The third-order valence-corrected chi connectivity index (χ3v) is 4.83. The average molecular weight is 243 g/mol. The van der Waals surface area contributed by atoms with Crippen molar-refractivity contribution in [3.05, 3.63) is 0 Å². The van der Waals surface area contributed by atoms with Crippen LogP contribution in [0.2, 0.25) is 0 Å². The first-order chi connectivity index (χ1) is 7.77. The molecule has 3 unspecified atom stereocenters. The van der Waals surface area contributed by atoms with Gasteiger partial charge in [0.15, 0.2) is 0 Å². The number of thioether (sulfide) groups is 1. The molecular weight excluding hydrogens is 214 g/mol. The fourth-order valence-electron chi connectivity index (χ4n) is 2.89. The van der Waals surface area contributed by atoms with Gasteiger partial charge in [0.25, 0.3) is 0 Å². The highest BCUT2D eigenvalue weighted by atomic mass is 32.2. The van der Waals surface area contributed by atoms with Crippen LogP contribution in [0.3, 0.4) is 0 Å². The largest absolute Gasteiger partial charge is 0.317 e. The Hall–Kier alpha value is 0.310. The molecule has 1 nitrogen and oxygen atoms in total. The van der Waals surface area contributed by atoms with E-state index in [1.807, 2.05) is 0 Å². The van der Waals surface area contributed by atoms with Gasteiger partial charge >= 0.3 is 0 Å². The van der Waals surface area contributed by atoms with Crippen LogP contribution in [0.5, 0.6) is 0 Å². The van der Waals surface area contributed by atoms with Crippen molar-refractivity contribution >= 4 is 11.8 Å². The Morgan fingerprint density at radius 1 is 1.19 bits per heavy atom. The summed E-state index contributed by atoms with van der Waals surface area (Å²) in [5.41, 5.74) is 0. The molecule has 3 atom stereocenters. The molecular formula is C14H29NS. The van der Waals surface area contributed by atoms with Crippen molar-refractivity contribution in [2.45, 2.75) is 46.5 Å². The highest BCUT2D eigenvalue weighted by molar-refractivity contribution is 7.99. The van der Waals surface area contributed by atoms with E-state index in [1.165, 1.54) is 43.7 Å². The Kier molecular flexibility index (Phi) is 7.55. The van der Waals surface area contributed by atoms with Crippen LogP contribution in [0.25, 0.3) is 0 Å². The molecule has 0 saturated heterocycles. The van der Waals surface area contributed by atoms with Gasteiger partial charge in [-0.05, 0) is 61.6 Å². The Balaban J connectivity index is 2.32. The van der Waals surface area contributed by atoms with Crippen molar-refractivity contribution in [3.63, 3.8) is 0 Å². The van der Waals surface area contributed by atoms with Crippen molar-refractivity contribution in [1.82, 2.24) is 5.32 Å². The van der Waals surface area contributed by atoms with Gasteiger partial charge in [-0.25, -0.2) is 0 Å². The van der Waals surface area contributed by atoms with E-state index in [2.05, 4.69) is 37.8 Å². The third kappa shape index (κ3) is 5.09. The van der Waals surface area contributed by atoms with E-state index >= 15 is 0 Å². The standard InChI is InChI=1S/C14H29NS/c1-4-15-11-14-7-6-12(3)10-13(14)8-9-16-5-2/h12-15H,4-11H2,1-3H3. The zero-order valence-corrected chi connectivity index (χ0v) is 12.1. The van der Waals surface area contributed by atoms with Gasteiger partial charge in [-0.3, -0.25) is 0 Å². The van der Waals surface area contributed by atoms with Gasteiger partial charge in [-0.1, -0.05) is 27.2 Å². The van der Waals surface area contributed by atoms with Crippen molar-refractivity contribution < 1.29 is 0 Å². The SMILES string of the molecule is CCNCC1CCC(C)CC1CCSCC. The first kappa shape index (κ1) is 14.4. The molecule has 96 valence electrons. The lowest BCUT2D eigenvalue weighted by Gasteiger charge is -2.35. The lowest BCUT2D eigenvalue weighted by Crippen LogP contribution is -2.33. The van der Waals surface area contributed by atoms with Crippen LogP contribution >= 0.6 is 11.8 Å². The lowest BCUT2D eigenvalue weighted by atomic mass is 9.73. The van der Waals surface area contributed by atoms with Crippen molar-refractivity contribution in [1.29, 1.82) is 0 Å². The maximum Gasteiger partial charge on any atom is -0.00180 e. The lowest BCUT2D eigenvalue weighted by molar-refractivity contribution is 0.181. The molecule has 2 heteroatoms. The minimum Gasteiger partial charge on any atom is -0.317 e. The van der Waals surface area contributed by atoms with Crippen LogP contribution < -0.4 is 5.32 Å². The second kappa shape index (κ2) is 8.41. The smallest absolute Gasteiger partial charge is 0.00180 e. The summed E-state index contributed by atoms with van der Waals surface area (Å²) in [4.78, 5) is 0. The number of hydrogen-bond acceptors (Lipinski definition) is 2. The molecule has 1 saturated carbocycles. The molecule has 0 spiro atoms. The summed E-state index contributed by atoms with van der Waals surface area (Å²) in [6.45, 7) is 9.30. The second-order valence-electron chi connectivity index (χ2n) is 5.23. The second-order valence-corrected chi connectivity index (χ2v) is 6.63. The van der Waals surface area contributed by atoms with Crippen LogP contribution in [0, 0.1) is 17.8 Å². The summed E-state index contributed by atoms with van der Waals surface area (Å²) in [6, 6.07) is 0. The van der Waals surface area contributed by atoms with Crippen LogP contribution in [0.4, 0.5) is 0 Å². The molecule has 16 heavy (non-hydrogen) atoms. The fraction of sp³-hybridized carbons (Fsp3) is 1.00. The van der Waals surface area contributed by atoms with Gasteiger partial charge in [-0.2, -0.15) is 11.8 Å². The molecule has 0 aromatic rings. The highest BCUT2D eigenvalue weighted by Crippen LogP contribution is 2.36. The van der Waals surface area contributed by atoms with E-state index in [0.29, 0.717) is 0 Å². The number of rotatable bonds is 7. The maximum atomic E-state index is 3.55. The van der Waals surface area contributed by atoms with Crippen LogP contribution in [0.15, 0.2) is 0 Å². The van der Waals surface area contributed by atoms with E-state index in [0.717, 1.165) is 24.3 Å². The molecule has 1 rings (SSSR count). The minimum absolute atomic E-state index is 0.952. The molecule has 0 aromatic carbocycles. The molecule has 1 aliphatic carbocycles. The summed E-state index contributed by atoms with van der Waals surface area (Å²) in [5.74, 6) is 5.56. The predicted octanol–water partition coefficient (Wildman–Crippen LogP) is 3.79. The Morgan fingerprint density at radius 3 is 2.69 bits per heavy atom. The molecule has 0 bridgehead atoms. The first-order valence-electron chi connectivity index (χ1n) is 7.06. The van der Waals surface area contributed by atoms with E-state index < -0.39 is 0 Å². The monoisotopic (exact) mass is 243 g/mol. The van der Waals surface area contributed by atoms with E-state index in [1.54, 1.807) is 0 Å². The summed E-state index contributed by atoms with van der Waals surface area (Å²) in [5, 5.41) is 3.55. The topological polar surface area (TPSA) is 12.0 Å². The van der Waals surface area contributed by atoms with E-state index in [-0.39, 0.29) is 0 Å². The summed E-state index contributed by atoms with van der Waals surface area (Å²) < 4.78 is 0. The van der Waals surface area contributed by atoms with Gasteiger partial charge < -0.3 is 5.32 Å². The predicted molar refractivity (Wildman–Crippen MR) is 76.2 cm³/mol. The molecule has 1 fully saturated rings. The van der Waals surface area contributed by atoms with Crippen molar-refractivity contribution in [3.8, 4) is 0 Å². The molecule has 0 aliphatic heterocycles. The third-order valence-electron chi connectivity index (χ3n) is 3.90. The van der Waals surface area contributed by atoms with Gasteiger partial charge in [0.1, 0.15) is 0 Å². The van der Waals surface area contributed by atoms with Gasteiger partial charge in [0.05, 0.1) is 0 Å². The molecule has 0 radical (unpaired) electrons. The minimum atomic E-state index is 0.952. The number of nitrogens with one attached hydrogen (secondary N) is 1. The quantitative estimate of drug-likeness (QED) is 0.683. The highest BCUT2D eigenvalue weighted by Gasteiger charge is 2.27. The summed E-state index contributed by atoms with van der Waals surface area (Å²) >= 11 is 2.11. The molecule has 0 aromatic heterocycles. The zero-order chi connectivity index (χ0) is 11.8. The summed E-state index contributed by atoms with van der Waals surface area (Å²) in [7, 11) is 0. The Morgan fingerprint density at radius 2 is 2.00 bits per heavy atom. The summed E-state index contributed by atoms with van der Waals surface area (Å²) in [6.07, 6.45) is 5.82. The molecule has 0 amide bonds. The van der Waals surface area contributed by atoms with Crippen LogP contribution in [-0.2, 0) is 0 Å². The maximum absolute atomic E-state index is 3.55. The molecule has 0 heterocycles. The van der Waals surface area contributed by atoms with Crippen molar-refractivity contribution in [2.75, 3.05) is 24.6 Å². The van der Waals surface area contributed by atoms with Crippen molar-refractivity contribution in [2.24, 2.45) is 17.8 Å². The fourth-order valence-corrected chi connectivity index (χ4v) is 3.65. The van der Waals surface area contributed by atoms with Gasteiger partial charge in [-0.15, -0.1) is 0 Å². The van der Waals surface area contributed by atoms with E-state index in [9.17, 15) is 0 Å². The molecule has 1 aliphatic rings. The van der Waals surface area contributed by atoms with Crippen LogP contribution in [0.1, 0.15) is 46.5 Å². The van der Waals surface area contributed by atoms with Gasteiger partial charge in [0.2, 0.25) is 0 Å². The normalized spacial score (nSPS) is 30.6. The van der Waals surface area contributed by atoms with Gasteiger partial charge in [0, 0.05) is 0 Å². The average Bonchev–Trinajstić information content (AvgIpc) is 2.28. The van der Waals surface area contributed by atoms with Crippen LogP contribution in [-0.4, -0.2) is 24.6 Å².